The molecule has 2 aromatic heterocycles. The molecule has 0 aliphatic rings. The largest absolute Gasteiger partial charge is 0.496 e. The Morgan fingerprint density at radius 1 is 1.38 bits per heavy atom. The van der Waals surface area contributed by atoms with Gasteiger partial charge in [0.15, 0.2) is 4.96 Å². The van der Waals surface area contributed by atoms with Gasteiger partial charge in [0.2, 0.25) is 0 Å². The monoisotopic (exact) mass is 297 g/mol. The fourth-order valence-corrected chi connectivity index (χ4v) is 3.35. The maximum atomic E-state index is 9.10. The molecule has 0 saturated heterocycles. The number of thiazole rings is 1. The van der Waals surface area contributed by atoms with Crippen molar-refractivity contribution in [2.24, 2.45) is 0 Å². The summed E-state index contributed by atoms with van der Waals surface area (Å²) in [6.45, 7) is 4.06. The Hall–Kier alpha value is -2.32. The van der Waals surface area contributed by atoms with Crippen LogP contribution in [0.4, 0.5) is 0 Å². The van der Waals surface area contributed by atoms with Crippen molar-refractivity contribution in [3.63, 3.8) is 0 Å². The highest BCUT2D eigenvalue weighted by Crippen LogP contribution is 2.31. The van der Waals surface area contributed by atoms with Crippen LogP contribution < -0.4 is 4.74 Å². The topological polar surface area (TPSA) is 50.3 Å². The highest BCUT2D eigenvalue weighted by molar-refractivity contribution is 7.17. The molecule has 5 heteroatoms. The van der Waals surface area contributed by atoms with Gasteiger partial charge in [-0.05, 0) is 37.6 Å². The van der Waals surface area contributed by atoms with Crippen molar-refractivity contribution in [1.82, 2.24) is 9.38 Å². The summed E-state index contributed by atoms with van der Waals surface area (Å²) in [4.78, 5) is 6.83. The number of ether oxygens (including phenoxy) is 1. The van der Waals surface area contributed by atoms with Crippen LogP contribution in [0.15, 0.2) is 24.4 Å². The SMILES string of the molecule is COc1ccc(-c2nc3sc(C)cn3c2CC#N)cc1C. The second-order valence-electron chi connectivity index (χ2n) is 4.92. The standard InChI is InChI=1S/C16H15N3OS/c1-10-8-12(4-5-14(10)20-3)15-13(6-7-17)19-9-11(2)21-16(19)18-15/h4-5,8-9H,6H2,1-3H3. The Bertz CT molecular complexity index is 854. The first kappa shape index (κ1) is 13.7. The van der Waals surface area contributed by atoms with Gasteiger partial charge in [-0.3, -0.25) is 4.40 Å². The van der Waals surface area contributed by atoms with E-state index in [0.717, 1.165) is 33.2 Å². The van der Waals surface area contributed by atoms with Gasteiger partial charge < -0.3 is 4.74 Å². The van der Waals surface area contributed by atoms with Crippen molar-refractivity contribution in [1.29, 1.82) is 5.26 Å². The van der Waals surface area contributed by atoms with E-state index < -0.39 is 0 Å². The molecule has 0 amide bonds. The zero-order valence-electron chi connectivity index (χ0n) is 12.2. The molecular formula is C16H15N3OS. The van der Waals surface area contributed by atoms with E-state index in [0.29, 0.717) is 6.42 Å². The van der Waals surface area contributed by atoms with E-state index in [9.17, 15) is 0 Å². The van der Waals surface area contributed by atoms with Crippen LogP contribution in [-0.2, 0) is 6.42 Å². The Morgan fingerprint density at radius 2 is 2.19 bits per heavy atom. The first-order valence-corrected chi connectivity index (χ1v) is 7.45. The first-order chi connectivity index (χ1) is 10.1. The number of fused-ring (bicyclic) bond motifs is 1. The number of imidazole rings is 1. The molecule has 0 spiro atoms. The normalized spacial score (nSPS) is 10.8. The van der Waals surface area contributed by atoms with Crippen LogP contribution in [0.25, 0.3) is 16.2 Å². The van der Waals surface area contributed by atoms with Gasteiger partial charge in [-0.25, -0.2) is 4.98 Å². The molecule has 0 atom stereocenters. The number of hydrogen-bond donors (Lipinski definition) is 0. The lowest BCUT2D eigenvalue weighted by Gasteiger charge is -2.07. The van der Waals surface area contributed by atoms with Crippen molar-refractivity contribution in [3.8, 4) is 23.1 Å². The lowest BCUT2D eigenvalue weighted by molar-refractivity contribution is 0.412. The number of nitriles is 1. The Labute approximate surface area is 127 Å². The summed E-state index contributed by atoms with van der Waals surface area (Å²) < 4.78 is 7.32. The van der Waals surface area contributed by atoms with Crippen molar-refractivity contribution < 1.29 is 4.74 Å². The minimum Gasteiger partial charge on any atom is -0.496 e. The highest BCUT2D eigenvalue weighted by atomic mass is 32.1. The van der Waals surface area contributed by atoms with Gasteiger partial charge in [-0.1, -0.05) is 0 Å². The quantitative estimate of drug-likeness (QED) is 0.739. The second kappa shape index (κ2) is 5.23. The molecule has 0 aliphatic heterocycles. The average molecular weight is 297 g/mol. The summed E-state index contributed by atoms with van der Waals surface area (Å²) in [7, 11) is 1.67. The summed E-state index contributed by atoms with van der Waals surface area (Å²) >= 11 is 1.64. The zero-order valence-corrected chi connectivity index (χ0v) is 13.0. The lowest BCUT2D eigenvalue weighted by atomic mass is 10.1. The predicted molar refractivity (Wildman–Crippen MR) is 83.8 cm³/mol. The van der Waals surface area contributed by atoms with Crippen LogP contribution in [0.5, 0.6) is 5.75 Å². The van der Waals surface area contributed by atoms with E-state index >= 15 is 0 Å². The van der Waals surface area contributed by atoms with Crippen molar-refractivity contribution >= 4 is 16.3 Å². The van der Waals surface area contributed by atoms with Crippen LogP contribution >= 0.6 is 11.3 Å². The van der Waals surface area contributed by atoms with Crippen LogP contribution in [0.2, 0.25) is 0 Å². The van der Waals surface area contributed by atoms with Gasteiger partial charge >= 0.3 is 0 Å². The molecule has 0 fully saturated rings. The Balaban J connectivity index is 2.19. The van der Waals surface area contributed by atoms with Crippen molar-refractivity contribution in [2.45, 2.75) is 20.3 Å². The number of methoxy groups -OCH3 is 1. The van der Waals surface area contributed by atoms with Crippen LogP contribution in [-0.4, -0.2) is 16.5 Å². The molecule has 106 valence electrons. The van der Waals surface area contributed by atoms with Crippen LogP contribution in [0.1, 0.15) is 16.1 Å². The van der Waals surface area contributed by atoms with E-state index in [2.05, 4.69) is 12.1 Å². The van der Waals surface area contributed by atoms with Crippen molar-refractivity contribution in [3.05, 3.63) is 40.5 Å². The first-order valence-electron chi connectivity index (χ1n) is 6.63. The van der Waals surface area contributed by atoms with E-state index in [1.807, 2.05) is 36.6 Å². The second-order valence-corrected chi connectivity index (χ2v) is 6.13. The van der Waals surface area contributed by atoms with Crippen molar-refractivity contribution in [2.75, 3.05) is 7.11 Å². The molecule has 21 heavy (non-hydrogen) atoms. The summed E-state index contributed by atoms with van der Waals surface area (Å²) in [6.07, 6.45) is 2.39. The maximum absolute atomic E-state index is 9.10. The fraction of sp³-hybridized carbons (Fsp3) is 0.250. The smallest absolute Gasteiger partial charge is 0.194 e. The van der Waals surface area contributed by atoms with Gasteiger partial charge in [-0.2, -0.15) is 5.26 Å². The lowest BCUT2D eigenvalue weighted by Crippen LogP contribution is -1.93. The molecule has 1 aromatic carbocycles. The highest BCUT2D eigenvalue weighted by Gasteiger charge is 2.16. The molecule has 0 bridgehead atoms. The number of aromatic nitrogens is 2. The summed E-state index contributed by atoms with van der Waals surface area (Å²) in [5, 5.41) is 9.10. The van der Waals surface area contributed by atoms with Crippen LogP contribution in [0, 0.1) is 25.2 Å². The van der Waals surface area contributed by atoms with Gasteiger partial charge in [0.05, 0.1) is 31.0 Å². The fourth-order valence-electron chi connectivity index (χ4n) is 2.50. The summed E-state index contributed by atoms with van der Waals surface area (Å²) in [6, 6.07) is 8.23. The van der Waals surface area contributed by atoms with Gasteiger partial charge in [0.1, 0.15) is 5.75 Å². The molecular weight excluding hydrogens is 282 g/mol. The van der Waals surface area contributed by atoms with Gasteiger partial charge in [0, 0.05) is 16.6 Å². The third-order valence-corrected chi connectivity index (χ3v) is 4.35. The number of hydrogen-bond acceptors (Lipinski definition) is 4. The van der Waals surface area contributed by atoms with Crippen LogP contribution in [0.3, 0.4) is 0 Å². The maximum Gasteiger partial charge on any atom is 0.194 e. The number of nitrogens with zero attached hydrogens (tertiary/aromatic N) is 3. The Kier molecular flexibility index (Phi) is 3.40. The molecule has 0 unspecified atom stereocenters. The minimum atomic E-state index is 0.345. The molecule has 0 N–H and O–H groups in total. The summed E-state index contributed by atoms with van der Waals surface area (Å²) in [5.74, 6) is 0.859. The molecule has 2 heterocycles. The number of benzene rings is 1. The minimum absolute atomic E-state index is 0.345. The molecule has 0 aliphatic carbocycles. The van der Waals surface area contributed by atoms with E-state index in [1.54, 1.807) is 18.4 Å². The molecule has 0 radical (unpaired) electrons. The third kappa shape index (κ3) is 2.28. The molecule has 4 nitrogen and oxygen atoms in total. The third-order valence-electron chi connectivity index (χ3n) is 3.46. The molecule has 3 rings (SSSR count). The van der Waals surface area contributed by atoms with Gasteiger partial charge in [-0.15, -0.1) is 11.3 Å². The van der Waals surface area contributed by atoms with Gasteiger partial charge in [0.25, 0.3) is 0 Å². The zero-order chi connectivity index (χ0) is 15.0. The molecule has 0 saturated carbocycles. The number of aryl methyl sites for hydroxylation is 2. The van der Waals surface area contributed by atoms with E-state index in [1.165, 1.54) is 4.88 Å². The average Bonchev–Trinajstić information content (AvgIpc) is 2.97. The molecule has 3 aromatic rings. The van der Waals surface area contributed by atoms with E-state index in [4.69, 9.17) is 15.0 Å². The Morgan fingerprint density at radius 3 is 2.86 bits per heavy atom. The number of rotatable bonds is 3. The predicted octanol–water partition coefficient (Wildman–Crippen LogP) is 3.75. The van der Waals surface area contributed by atoms with E-state index in [-0.39, 0.29) is 0 Å². The summed E-state index contributed by atoms with van der Waals surface area (Å²) in [5.41, 5.74) is 3.91.